The second kappa shape index (κ2) is 9.26. The summed E-state index contributed by atoms with van der Waals surface area (Å²) >= 11 is 3.76. The van der Waals surface area contributed by atoms with Crippen LogP contribution in [0, 0.1) is 13.8 Å². The van der Waals surface area contributed by atoms with Crippen molar-refractivity contribution >= 4 is 38.5 Å². The second-order valence-corrected chi connectivity index (χ2v) is 5.81. The Morgan fingerprint density at radius 3 is 2.09 bits per heavy atom. The van der Waals surface area contributed by atoms with Gasteiger partial charge in [0, 0.05) is 16.9 Å². The molecule has 0 saturated heterocycles. The van der Waals surface area contributed by atoms with E-state index in [-0.39, 0.29) is 0 Å². The minimum absolute atomic E-state index is 0.401. The molecule has 118 valence electrons. The van der Waals surface area contributed by atoms with E-state index in [1.54, 1.807) is 0 Å². The number of anilines is 1. The van der Waals surface area contributed by atoms with Gasteiger partial charge in [-0.05, 0) is 37.1 Å². The van der Waals surface area contributed by atoms with Crippen LogP contribution in [0.1, 0.15) is 11.1 Å². The van der Waals surface area contributed by atoms with Gasteiger partial charge < -0.3 is 20.2 Å². The van der Waals surface area contributed by atoms with Crippen LogP contribution in [-0.4, -0.2) is 15.1 Å². The van der Waals surface area contributed by atoms with Crippen LogP contribution in [0.3, 0.4) is 0 Å². The van der Waals surface area contributed by atoms with Gasteiger partial charge in [0.2, 0.25) is 0 Å². The van der Waals surface area contributed by atoms with E-state index in [0.717, 1.165) is 22.5 Å². The monoisotopic (exact) mass is 337 g/mol. The smallest absolute Gasteiger partial charge is 0.198 e. The number of aliphatic imine (C=N–C) groups is 1. The molecule has 0 saturated carbocycles. The summed E-state index contributed by atoms with van der Waals surface area (Å²) in [6.07, 6.45) is 0. The number of rotatable bonds is 2. The minimum atomic E-state index is -1.78. The first-order chi connectivity index (χ1) is 10.4. The van der Waals surface area contributed by atoms with Gasteiger partial charge in [-0.3, -0.25) is 0 Å². The van der Waals surface area contributed by atoms with Crippen LogP contribution in [0.2, 0.25) is 0 Å². The average molecular weight is 337 g/mol. The number of nitrogens with two attached hydrogens (primary N) is 1. The molecule has 2 aromatic carbocycles. The van der Waals surface area contributed by atoms with Crippen LogP contribution < -0.4 is 11.1 Å². The van der Waals surface area contributed by atoms with E-state index in [2.05, 4.69) is 21.5 Å². The summed E-state index contributed by atoms with van der Waals surface area (Å²) in [7, 11) is -1.78. The van der Waals surface area contributed by atoms with Crippen molar-refractivity contribution in [2.24, 2.45) is 10.7 Å². The summed E-state index contributed by atoms with van der Waals surface area (Å²) in [5.74, 6) is 0.401. The molecule has 5 N–H and O–H groups in total. The van der Waals surface area contributed by atoms with Crippen molar-refractivity contribution in [1.29, 1.82) is 0 Å². The van der Waals surface area contributed by atoms with E-state index in [1.807, 2.05) is 62.4 Å². The van der Waals surface area contributed by atoms with Gasteiger partial charge in [-0.2, -0.15) is 0 Å². The van der Waals surface area contributed by atoms with Gasteiger partial charge in [0.05, 0.1) is 5.69 Å². The molecule has 0 amide bonds. The van der Waals surface area contributed by atoms with Gasteiger partial charge in [-0.25, -0.2) is 4.99 Å². The average Bonchev–Trinajstić information content (AvgIpc) is 2.43. The summed E-state index contributed by atoms with van der Waals surface area (Å²) in [6.45, 7) is 4.04. The van der Waals surface area contributed by atoms with Crippen molar-refractivity contribution in [3.8, 4) is 0 Å². The zero-order valence-corrected chi connectivity index (χ0v) is 14.0. The first-order valence-electron chi connectivity index (χ1n) is 6.42. The number of guanidine groups is 1. The van der Waals surface area contributed by atoms with Gasteiger partial charge in [0.15, 0.2) is 5.96 Å². The highest BCUT2D eigenvalue weighted by Crippen LogP contribution is 2.18. The molecule has 0 unspecified atom stereocenters. The fourth-order valence-electron chi connectivity index (χ4n) is 1.70. The Morgan fingerprint density at radius 1 is 1.05 bits per heavy atom. The molecule has 0 aliphatic heterocycles. The number of nitrogens with one attached hydrogen (secondary N) is 1. The van der Waals surface area contributed by atoms with Crippen molar-refractivity contribution in [3.05, 3.63) is 59.7 Å². The molecule has 0 aromatic heterocycles. The molecule has 0 bridgehead atoms. The summed E-state index contributed by atoms with van der Waals surface area (Å²) < 4.78 is 14.9. The number of hydrogen-bond donors (Lipinski definition) is 4. The predicted octanol–water partition coefficient (Wildman–Crippen LogP) is 3.37. The van der Waals surface area contributed by atoms with Crippen LogP contribution in [-0.2, 0) is 21.2 Å². The standard InChI is InChI=1S/C15H17N3.H2O2S2/c1-11-7-3-5-9-13(11)17-15(16)18-14-10-6-4-8-12(14)2;1-4(2)3/h3-10H,1-2H3,(H3,16,17,18);(H2,1,2,3). The maximum absolute atomic E-state index is 7.45. The highest BCUT2D eigenvalue weighted by molar-refractivity contribution is 8.22. The molecule has 0 spiro atoms. The molecular weight excluding hydrogens is 318 g/mol. The summed E-state index contributed by atoms with van der Waals surface area (Å²) in [5, 5.41) is 3.11. The van der Waals surface area contributed by atoms with E-state index < -0.39 is 10.0 Å². The lowest BCUT2D eigenvalue weighted by molar-refractivity contribution is 0.529. The SMILES string of the molecule is Cc1ccccc1N=C(N)Nc1ccccc1C.OS(O)=S. The number of benzene rings is 2. The largest absolute Gasteiger partial charge is 0.369 e. The van der Waals surface area contributed by atoms with Crippen LogP contribution in [0.5, 0.6) is 0 Å². The second-order valence-electron chi connectivity index (χ2n) is 4.45. The fourth-order valence-corrected chi connectivity index (χ4v) is 1.70. The van der Waals surface area contributed by atoms with Crippen molar-refractivity contribution < 1.29 is 9.11 Å². The molecular formula is C15H19N3O2S2. The molecule has 2 aromatic rings. The Kier molecular flexibility index (Phi) is 7.69. The lowest BCUT2D eigenvalue weighted by Gasteiger charge is -2.08. The van der Waals surface area contributed by atoms with Gasteiger partial charge in [-0.15, -0.1) is 0 Å². The van der Waals surface area contributed by atoms with Crippen molar-refractivity contribution in [1.82, 2.24) is 0 Å². The fraction of sp³-hybridized carbons (Fsp3) is 0.133. The van der Waals surface area contributed by atoms with Crippen molar-refractivity contribution in [3.63, 3.8) is 0 Å². The van der Waals surface area contributed by atoms with E-state index >= 15 is 0 Å². The molecule has 0 heterocycles. The lowest BCUT2D eigenvalue weighted by atomic mass is 10.2. The molecule has 2 rings (SSSR count). The minimum Gasteiger partial charge on any atom is -0.369 e. The molecule has 7 heteroatoms. The molecule has 0 fully saturated rings. The summed E-state index contributed by atoms with van der Waals surface area (Å²) in [4.78, 5) is 4.38. The van der Waals surface area contributed by atoms with Gasteiger partial charge >= 0.3 is 0 Å². The van der Waals surface area contributed by atoms with Crippen LogP contribution in [0.15, 0.2) is 53.5 Å². The summed E-state index contributed by atoms with van der Waals surface area (Å²) in [6, 6.07) is 15.9. The molecule has 0 aliphatic carbocycles. The topological polar surface area (TPSA) is 90.9 Å². The van der Waals surface area contributed by atoms with E-state index in [9.17, 15) is 0 Å². The maximum atomic E-state index is 7.45. The number of nitrogens with zero attached hydrogens (tertiary/aromatic N) is 1. The highest BCUT2D eigenvalue weighted by atomic mass is 32.8. The lowest BCUT2D eigenvalue weighted by Crippen LogP contribution is -2.22. The molecule has 0 radical (unpaired) electrons. The third-order valence-electron chi connectivity index (χ3n) is 2.76. The van der Waals surface area contributed by atoms with E-state index in [4.69, 9.17) is 14.8 Å². The molecule has 0 atom stereocenters. The number of hydrogen-bond acceptors (Lipinski definition) is 2. The highest BCUT2D eigenvalue weighted by Gasteiger charge is 2.00. The van der Waals surface area contributed by atoms with Crippen molar-refractivity contribution in [2.75, 3.05) is 5.32 Å². The number of aryl methyl sites for hydroxylation is 2. The van der Waals surface area contributed by atoms with Gasteiger partial charge in [0.25, 0.3) is 0 Å². The maximum Gasteiger partial charge on any atom is 0.198 e. The van der Waals surface area contributed by atoms with E-state index in [1.165, 1.54) is 0 Å². The Balaban J connectivity index is 0.000000541. The number of para-hydroxylation sites is 2. The first-order valence-corrected chi connectivity index (χ1v) is 8.49. The zero-order chi connectivity index (χ0) is 16.5. The molecule has 0 aliphatic rings. The predicted molar refractivity (Wildman–Crippen MR) is 97.3 cm³/mol. The van der Waals surface area contributed by atoms with Crippen molar-refractivity contribution in [2.45, 2.75) is 13.8 Å². The van der Waals surface area contributed by atoms with Gasteiger partial charge in [0.1, 0.15) is 10.0 Å². The molecule has 5 nitrogen and oxygen atoms in total. The van der Waals surface area contributed by atoms with Crippen LogP contribution in [0.4, 0.5) is 11.4 Å². The zero-order valence-electron chi connectivity index (χ0n) is 12.4. The Hall–Kier alpha value is -1.80. The molecule has 22 heavy (non-hydrogen) atoms. The normalized spacial score (nSPS) is 10.9. The third-order valence-corrected chi connectivity index (χ3v) is 2.76. The Morgan fingerprint density at radius 2 is 1.55 bits per heavy atom. The first kappa shape index (κ1) is 18.2. The third kappa shape index (κ3) is 6.77. The Bertz CT molecular complexity index is 671. The van der Waals surface area contributed by atoms with Gasteiger partial charge in [-0.1, -0.05) is 36.4 Å². The van der Waals surface area contributed by atoms with E-state index in [0.29, 0.717) is 5.96 Å². The summed E-state index contributed by atoms with van der Waals surface area (Å²) in [5.41, 5.74) is 10.0. The Labute approximate surface area is 137 Å². The quantitative estimate of drug-likeness (QED) is 0.498. The van der Waals surface area contributed by atoms with Crippen LogP contribution in [0.25, 0.3) is 0 Å². The van der Waals surface area contributed by atoms with Crippen LogP contribution >= 0.6 is 0 Å².